The van der Waals surface area contributed by atoms with E-state index in [4.69, 9.17) is 16.3 Å². The van der Waals surface area contributed by atoms with Crippen molar-refractivity contribution in [1.29, 1.82) is 0 Å². The molecule has 2 aliphatic heterocycles. The quantitative estimate of drug-likeness (QED) is 0.375. The number of ether oxygens (including phenoxy) is 1. The fourth-order valence-corrected chi connectivity index (χ4v) is 5.07. The van der Waals surface area contributed by atoms with Crippen molar-refractivity contribution in [3.63, 3.8) is 0 Å². The number of amidine groups is 1. The number of thioether (sulfide) groups is 1. The maximum absolute atomic E-state index is 13.1. The minimum absolute atomic E-state index is 0.0577. The Labute approximate surface area is 212 Å². The maximum Gasteiger partial charge on any atom is 0.338 e. The van der Waals surface area contributed by atoms with Crippen molar-refractivity contribution in [2.45, 2.75) is 25.9 Å². The first-order valence-corrected chi connectivity index (χ1v) is 12.1. The number of nitrogens with zero attached hydrogens (tertiary/aromatic N) is 2. The van der Waals surface area contributed by atoms with Crippen molar-refractivity contribution >= 4 is 40.4 Å². The first-order valence-electron chi connectivity index (χ1n) is 10.9. The Balaban J connectivity index is 1.60. The highest BCUT2D eigenvalue weighted by Crippen LogP contribution is 2.46. The molecule has 0 saturated heterocycles. The number of hydrogen-bond donors (Lipinski definition) is 1. The largest absolute Gasteiger partial charge is 0.458 e. The number of carbonyl (C=O) groups is 2. The van der Waals surface area contributed by atoms with Gasteiger partial charge in [0.1, 0.15) is 12.4 Å². The third kappa shape index (κ3) is 5.49. The van der Waals surface area contributed by atoms with E-state index in [2.05, 4.69) is 16.9 Å². The van der Waals surface area contributed by atoms with Gasteiger partial charge < -0.3 is 15.0 Å². The van der Waals surface area contributed by atoms with Gasteiger partial charge in [0.15, 0.2) is 5.17 Å². The van der Waals surface area contributed by atoms with E-state index in [1.807, 2.05) is 28.5 Å². The monoisotopic (exact) mass is 511 g/mol. The summed E-state index contributed by atoms with van der Waals surface area (Å²) in [6, 6.07) is 12.6. The molecule has 1 N–H and O–H groups in total. The molecular formula is C26H23ClFN3O3S. The molecule has 0 fully saturated rings. The summed E-state index contributed by atoms with van der Waals surface area (Å²) in [5.41, 5.74) is 3.04. The fourth-order valence-electron chi connectivity index (χ4n) is 3.86. The van der Waals surface area contributed by atoms with Crippen LogP contribution in [0.1, 0.15) is 30.5 Å². The average molecular weight is 512 g/mol. The molecule has 35 heavy (non-hydrogen) atoms. The number of rotatable bonds is 8. The van der Waals surface area contributed by atoms with Gasteiger partial charge in [0.25, 0.3) is 0 Å². The number of carbonyl (C=O) groups excluding carboxylic acids is 2. The molecule has 0 aromatic heterocycles. The summed E-state index contributed by atoms with van der Waals surface area (Å²) >= 11 is 7.94. The van der Waals surface area contributed by atoms with Gasteiger partial charge in [0, 0.05) is 17.3 Å². The SMILES string of the molecule is C=CCOC(=O)C1=C(C)N=C2SC=C(CC(=O)NCc3ccc(F)cc3)N2C1c1ccccc1Cl. The van der Waals surface area contributed by atoms with Crippen molar-refractivity contribution in [3.05, 3.63) is 106 Å². The molecule has 180 valence electrons. The Bertz CT molecular complexity index is 1260. The molecular weight excluding hydrogens is 489 g/mol. The van der Waals surface area contributed by atoms with Crippen LogP contribution in [0.25, 0.3) is 0 Å². The number of esters is 1. The predicted octanol–water partition coefficient (Wildman–Crippen LogP) is 5.49. The van der Waals surface area contributed by atoms with E-state index in [1.165, 1.54) is 30.0 Å². The summed E-state index contributed by atoms with van der Waals surface area (Å²) in [6.45, 7) is 5.69. The summed E-state index contributed by atoms with van der Waals surface area (Å²) in [5.74, 6) is -1.07. The predicted molar refractivity (Wildman–Crippen MR) is 136 cm³/mol. The van der Waals surface area contributed by atoms with E-state index in [-0.39, 0.29) is 31.3 Å². The molecule has 0 bridgehead atoms. The first-order chi connectivity index (χ1) is 16.9. The number of nitrogens with one attached hydrogen (secondary N) is 1. The van der Waals surface area contributed by atoms with Crippen LogP contribution in [0.15, 0.2) is 88.6 Å². The molecule has 1 unspecified atom stereocenters. The zero-order valence-electron chi connectivity index (χ0n) is 19.0. The van der Waals surface area contributed by atoms with Gasteiger partial charge in [-0.3, -0.25) is 4.79 Å². The second-order valence-electron chi connectivity index (χ2n) is 7.88. The van der Waals surface area contributed by atoms with Gasteiger partial charge in [0.05, 0.1) is 23.7 Å². The van der Waals surface area contributed by atoms with Crippen LogP contribution in [-0.2, 0) is 20.9 Å². The molecule has 9 heteroatoms. The average Bonchev–Trinajstić information content (AvgIpc) is 3.23. The summed E-state index contributed by atoms with van der Waals surface area (Å²) in [7, 11) is 0. The minimum atomic E-state index is -0.611. The van der Waals surface area contributed by atoms with Crippen molar-refractivity contribution < 1.29 is 18.7 Å². The third-order valence-corrected chi connectivity index (χ3v) is 6.73. The first kappa shape index (κ1) is 24.8. The number of hydrogen-bond acceptors (Lipinski definition) is 6. The topological polar surface area (TPSA) is 71.0 Å². The van der Waals surface area contributed by atoms with Crippen LogP contribution >= 0.6 is 23.4 Å². The van der Waals surface area contributed by atoms with Gasteiger partial charge in [-0.2, -0.15) is 0 Å². The molecule has 4 rings (SSSR count). The van der Waals surface area contributed by atoms with Crippen LogP contribution in [0.4, 0.5) is 4.39 Å². The molecule has 0 aliphatic carbocycles. The lowest BCUT2D eigenvalue weighted by Gasteiger charge is -2.36. The van der Waals surface area contributed by atoms with Crippen molar-refractivity contribution in [2.24, 2.45) is 4.99 Å². The van der Waals surface area contributed by atoms with Crippen LogP contribution in [0, 0.1) is 5.82 Å². The van der Waals surface area contributed by atoms with Gasteiger partial charge in [-0.25, -0.2) is 14.2 Å². The zero-order valence-corrected chi connectivity index (χ0v) is 20.5. The molecule has 0 radical (unpaired) electrons. The van der Waals surface area contributed by atoms with E-state index in [1.54, 1.807) is 25.1 Å². The number of fused-ring (bicyclic) bond motifs is 1. The molecule has 2 aromatic rings. The summed E-state index contributed by atoms with van der Waals surface area (Å²) in [4.78, 5) is 32.3. The Morgan fingerprint density at radius 1 is 1.26 bits per heavy atom. The van der Waals surface area contributed by atoms with Gasteiger partial charge >= 0.3 is 5.97 Å². The Morgan fingerprint density at radius 2 is 2.00 bits per heavy atom. The highest BCUT2D eigenvalue weighted by Gasteiger charge is 2.41. The number of amides is 1. The number of allylic oxidation sites excluding steroid dienone is 1. The molecule has 0 spiro atoms. The second-order valence-corrected chi connectivity index (χ2v) is 9.13. The maximum atomic E-state index is 13.1. The van der Waals surface area contributed by atoms with Crippen LogP contribution in [0.3, 0.4) is 0 Å². The second kappa shape index (κ2) is 10.9. The fraction of sp³-hybridized carbons (Fsp3) is 0.192. The van der Waals surface area contributed by atoms with Crippen LogP contribution in [0.5, 0.6) is 0 Å². The zero-order chi connectivity index (χ0) is 24.9. The van der Waals surface area contributed by atoms with Gasteiger partial charge in [0.2, 0.25) is 5.91 Å². The van der Waals surface area contributed by atoms with Crippen LogP contribution < -0.4 is 5.32 Å². The highest BCUT2D eigenvalue weighted by molar-refractivity contribution is 8.16. The Morgan fingerprint density at radius 3 is 2.71 bits per heavy atom. The normalized spacial score (nSPS) is 16.9. The molecule has 2 heterocycles. The summed E-state index contributed by atoms with van der Waals surface area (Å²) < 4.78 is 18.5. The molecule has 1 atom stereocenters. The van der Waals surface area contributed by atoms with E-state index in [9.17, 15) is 14.0 Å². The smallest absolute Gasteiger partial charge is 0.338 e. The van der Waals surface area contributed by atoms with Gasteiger partial charge in [-0.05, 0) is 41.7 Å². The lowest BCUT2D eigenvalue weighted by atomic mass is 9.93. The molecule has 1 amide bonds. The lowest BCUT2D eigenvalue weighted by Crippen LogP contribution is -2.38. The molecule has 0 saturated carbocycles. The van der Waals surface area contributed by atoms with Crippen molar-refractivity contribution in [2.75, 3.05) is 6.61 Å². The van der Waals surface area contributed by atoms with Crippen molar-refractivity contribution in [3.8, 4) is 0 Å². The number of aliphatic imine (C=N–C) groups is 1. The number of benzene rings is 2. The van der Waals surface area contributed by atoms with E-state index in [0.29, 0.717) is 32.7 Å². The third-order valence-electron chi connectivity index (χ3n) is 5.50. The van der Waals surface area contributed by atoms with E-state index >= 15 is 0 Å². The van der Waals surface area contributed by atoms with Crippen LogP contribution in [-0.4, -0.2) is 28.6 Å². The molecule has 2 aliphatic rings. The standard InChI is InChI=1S/C26H23ClFN3O3S/c1-3-12-34-25(33)23-16(2)30-26-31(24(23)20-6-4-5-7-21(20)27)19(15-35-26)13-22(32)29-14-17-8-10-18(28)11-9-17/h3-11,15,24H,1,12-14H2,2H3,(H,29,32). The highest BCUT2D eigenvalue weighted by atomic mass is 35.5. The lowest BCUT2D eigenvalue weighted by molar-refractivity contribution is -0.138. The van der Waals surface area contributed by atoms with Crippen LogP contribution in [0.2, 0.25) is 5.02 Å². The summed E-state index contributed by atoms with van der Waals surface area (Å²) in [5, 5.41) is 5.84. The summed E-state index contributed by atoms with van der Waals surface area (Å²) in [6.07, 6.45) is 1.56. The van der Waals surface area contributed by atoms with Gasteiger partial charge in [-0.15, -0.1) is 0 Å². The van der Waals surface area contributed by atoms with Crippen molar-refractivity contribution in [1.82, 2.24) is 10.2 Å². The van der Waals surface area contributed by atoms with E-state index < -0.39 is 12.0 Å². The number of halogens is 2. The van der Waals surface area contributed by atoms with E-state index in [0.717, 1.165) is 5.56 Å². The Kier molecular flexibility index (Phi) is 7.73. The molecule has 6 nitrogen and oxygen atoms in total. The minimum Gasteiger partial charge on any atom is -0.458 e. The molecule has 2 aromatic carbocycles. The Hall–Kier alpha value is -3.36. The van der Waals surface area contributed by atoms with Gasteiger partial charge in [-0.1, -0.05) is 66.3 Å².